The number of urea groups is 1. The van der Waals surface area contributed by atoms with Crippen molar-refractivity contribution in [2.75, 3.05) is 19.6 Å². The second kappa shape index (κ2) is 11.7. The van der Waals surface area contributed by atoms with E-state index in [1.807, 2.05) is 15.9 Å². The van der Waals surface area contributed by atoms with Crippen LogP contribution in [-0.4, -0.2) is 59.4 Å². The summed E-state index contributed by atoms with van der Waals surface area (Å²) in [5.74, 6) is -0.392. The van der Waals surface area contributed by atoms with Crippen LogP contribution in [0.2, 0.25) is 0 Å². The third-order valence-corrected chi connectivity index (χ3v) is 8.88. The van der Waals surface area contributed by atoms with Gasteiger partial charge in [-0.1, -0.05) is 56.4 Å². The zero-order chi connectivity index (χ0) is 24.9. The molecule has 2 aliphatic heterocycles. The number of rotatable bonds is 2. The van der Waals surface area contributed by atoms with Crippen LogP contribution >= 0.6 is 0 Å². The Hall–Kier alpha value is -2.57. The van der Waals surface area contributed by atoms with Crippen LogP contribution in [0.3, 0.4) is 0 Å². The van der Waals surface area contributed by atoms with Crippen molar-refractivity contribution in [2.45, 2.75) is 95.7 Å². The Morgan fingerprint density at radius 3 is 2.47 bits per heavy atom. The van der Waals surface area contributed by atoms with Crippen LogP contribution < -0.4 is 10.6 Å². The summed E-state index contributed by atoms with van der Waals surface area (Å²) >= 11 is 0. The normalized spacial score (nSPS) is 27.9. The van der Waals surface area contributed by atoms with Crippen molar-refractivity contribution < 1.29 is 14.4 Å². The van der Waals surface area contributed by atoms with Crippen molar-refractivity contribution in [3.63, 3.8) is 0 Å². The standard InChI is InChI=1S/C29H42N4O3/c34-27-25-18-23(28(35)32-17-14-21-10-6-7-11-22(21)20-32)19-26(25)33(16-9-2-1-8-15-30-27)29(36)31-24-12-4-3-5-13-24/h6-7,10-11,23-26H,1-5,8-9,12-20H2,(H,30,34)(H,31,36)/t23-,25-,26+/m1/s1. The van der Waals surface area contributed by atoms with Gasteiger partial charge in [0.1, 0.15) is 0 Å². The molecule has 1 aromatic rings. The van der Waals surface area contributed by atoms with Gasteiger partial charge in [-0.3, -0.25) is 9.59 Å². The van der Waals surface area contributed by atoms with Gasteiger partial charge in [-0.2, -0.15) is 0 Å². The van der Waals surface area contributed by atoms with Crippen molar-refractivity contribution in [2.24, 2.45) is 11.8 Å². The van der Waals surface area contributed by atoms with E-state index in [0.29, 0.717) is 32.5 Å². The first-order valence-corrected chi connectivity index (χ1v) is 14.3. The molecule has 1 saturated heterocycles. The van der Waals surface area contributed by atoms with Crippen molar-refractivity contribution >= 4 is 17.8 Å². The molecule has 7 heteroatoms. The summed E-state index contributed by atoms with van der Waals surface area (Å²) in [6, 6.07) is 8.31. The minimum atomic E-state index is -0.328. The lowest BCUT2D eigenvalue weighted by molar-refractivity contribution is -0.136. The lowest BCUT2D eigenvalue weighted by atomic mass is 9.95. The second-order valence-corrected chi connectivity index (χ2v) is 11.3. The molecule has 36 heavy (non-hydrogen) atoms. The van der Waals surface area contributed by atoms with Gasteiger partial charge >= 0.3 is 6.03 Å². The van der Waals surface area contributed by atoms with Crippen LogP contribution in [0.5, 0.6) is 0 Å². The van der Waals surface area contributed by atoms with E-state index in [9.17, 15) is 14.4 Å². The van der Waals surface area contributed by atoms with Gasteiger partial charge in [-0.25, -0.2) is 4.79 Å². The minimum absolute atomic E-state index is 0.0108. The SMILES string of the molecule is O=C1NCCCCCCN(C(=O)NC2CCCCC2)[C@H]2C[C@H](C(=O)N3CCc4ccccc4C3)C[C@@H]12. The first-order chi connectivity index (χ1) is 17.6. The highest BCUT2D eigenvalue weighted by Crippen LogP contribution is 2.38. The third kappa shape index (κ3) is 5.70. The van der Waals surface area contributed by atoms with E-state index in [0.717, 1.165) is 64.3 Å². The van der Waals surface area contributed by atoms with Crippen molar-refractivity contribution in [1.29, 1.82) is 0 Å². The monoisotopic (exact) mass is 494 g/mol. The molecule has 2 aliphatic carbocycles. The Kier molecular flexibility index (Phi) is 8.12. The molecule has 7 nitrogen and oxygen atoms in total. The van der Waals surface area contributed by atoms with E-state index in [-0.39, 0.29) is 41.8 Å². The highest BCUT2D eigenvalue weighted by atomic mass is 16.2. The van der Waals surface area contributed by atoms with Gasteiger partial charge < -0.3 is 20.4 Å². The predicted molar refractivity (Wildman–Crippen MR) is 139 cm³/mol. The topological polar surface area (TPSA) is 81.8 Å². The first-order valence-electron chi connectivity index (χ1n) is 14.3. The minimum Gasteiger partial charge on any atom is -0.356 e. The van der Waals surface area contributed by atoms with Gasteiger partial charge in [0.25, 0.3) is 0 Å². The lowest BCUT2D eigenvalue weighted by Gasteiger charge is -2.35. The fourth-order valence-corrected chi connectivity index (χ4v) is 6.81. The van der Waals surface area contributed by atoms with Crippen LogP contribution in [0, 0.1) is 11.8 Å². The molecule has 0 unspecified atom stereocenters. The number of hydrogen-bond donors (Lipinski definition) is 2. The van der Waals surface area contributed by atoms with Gasteiger partial charge in [-0.15, -0.1) is 0 Å². The Labute approximate surface area is 215 Å². The number of hydrogen-bond acceptors (Lipinski definition) is 3. The number of fused-ring (bicyclic) bond motifs is 2. The molecule has 2 heterocycles. The summed E-state index contributed by atoms with van der Waals surface area (Å²) in [4.78, 5) is 44.5. The van der Waals surface area contributed by atoms with Crippen LogP contribution in [0.1, 0.15) is 81.8 Å². The van der Waals surface area contributed by atoms with Crippen LogP contribution in [-0.2, 0) is 22.6 Å². The van der Waals surface area contributed by atoms with E-state index in [1.165, 1.54) is 17.5 Å². The van der Waals surface area contributed by atoms with Gasteiger partial charge in [0.15, 0.2) is 0 Å². The zero-order valence-electron chi connectivity index (χ0n) is 21.6. The number of nitrogens with zero attached hydrogens (tertiary/aromatic N) is 2. The molecule has 196 valence electrons. The van der Waals surface area contributed by atoms with E-state index in [2.05, 4.69) is 28.8 Å². The quantitative estimate of drug-likeness (QED) is 0.652. The smallest absolute Gasteiger partial charge is 0.317 e. The van der Waals surface area contributed by atoms with Crippen LogP contribution in [0.25, 0.3) is 0 Å². The second-order valence-electron chi connectivity index (χ2n) is 11.3. The molecular weight excluding hydrogens is 452 g/mol. The molecule has 5 rings (SSSR count). The molecule has 0 aromatic heterocycles. The molecule has 3 fully saturated rings. The Morgan fingerprint density at radius 2 is 1.64 bits per heavy atom. The summed E-state index contributed by atoms with van der Waals surface area (Å²) in [7, 11) is 0. The zero-order valence-corrected chi connectivity index (χ0v) is 21.6. The first kappa shape index (κ1) is 25.1. The fraction of sp³-hybridized carbons (Fsp3) is 0.690. The highest BCUT2D eigenvalue weighted by molar-refractivity contribution is 5.85. The predicted octanol–water partition coefficient (Wildman–Crippen LogP) is 4.00. The fourth-order valence-electron chi connectivity index (χ4n) is 6.81. The molecule has 0 spiro atoms. The summed E-state index contributed by atoms with van der Waals surface area (Å²) in [5.41, 5.74) is 2.54. The summed E-state index contributed by atoms with van der Waals surface area (Å²) in [5, 5.41) is 6.42. The van der Waals surface area contributed by atoms with Crippen molar-refractivity contribution in [3.05, 3.63) is 35.4 Å². The van der Waals surface area contributed by atoms with Crippen LogP contribution in [0.4, 0.5) is 4.79 Å². The number of nitrogens with one attached hydrogen (secondary N) is 2. The van der Waals surface area contributed by atoms with E-state index in [1.54, 1.807) is 0 Å². The maximum Gasteiger partial charge on any atom is 0.317 e. The molecule has 0 bridgehead atoms. The Balaban J connectivity index is 1.33. The molecule has 1 aromatic carbocycles. The number of benzene rings is 1. The average molecular weight is 495 g/mol. The molecule has 2 saturated carbocycles. The van der Waals surface area contributed by atoms with Gasteiger partial charge in [0.2, 0.25) is 11.8 Å². The molecular formula is C29H42N4O3. The lowest BCUT2D eigenvalue weighted by Crippen LogP contribution is -2.53. The maximum absolute atomic E-state index is 13.7. The number of carbonyl (C=O) groups excluding carboxylic acids is 3. The van der Waals surface area contributed by atoms with Gasteiger partial charge in [-0.05, 0) is 56.1 Å². The van der Waals surface area contributed by atoms with Gasteiger partial charge in [0.05, 0.1) is 5.92 Å². The summed E-state index contributed by atoms with van der Waals surface area (Å²) in [6.07, 6.45) is 11.6. The molecule has 2 N–H and O–H groups in total. The number of carbonyl (C=O) groups is 3. The van der Waals surface area contributed by atoms with Crippen molar-refractivity contribution in [3.8, 4) is 0 Å². The van der Waals surface area contributed by atoms with E-state index < -0.39 is 0 Å². The highest BCUT2D eigenvalue weighted by Gasteiger charge is 2.47. The van der Waals surface area contributed by atoms with E-state index >= 15 is 0 Å². The Morgan fingerprint density at radius 1 is 0.889 bits per heavy atom. The largest absolute Gasteiger partial charge is 0.356 e. The molecule has 0 radical (unpaired) electrons. The molecule has 4 amide bonds. The summed E-state index contributed by atoms with van der Waals surface area (Å²) < 4.78 is 0. The summed E-state index contributed by atoms with van der Waals surface area (Å²) in [6.45, 7) is 2.70. The molecule has 3 atom stereocenters. The van der Waals surface area contributed by atoms with Crippen molar-refractivity contribution in [1.82, 2.24) is 20.4 Å². The number of amides is 4. The Bertz CT molecular complexity index is 944. The van der Waals surface area contributed by atoms with E-state index in [4.69, 9.17) is 0 Å². The van der Waals surface area contributed by atoms with Crippen LogP contribution in [0.15, 0.2) is 24.3 Å². The average Bonchev–Trinajstić information content (AvgIpc) is 3.34. The van der Waals surface area contributed by atoms with Gasteiger partial charge in [0, 0.05) is 44.2 Å². The maximum atomic E-state index is 13.7. The molecule has 4 aliphatic rings. The third-order valence-electron chi connectivity index (χ3n) is 8.88.